The largest absolute Gasteiger partial charge is 0.486 e. The van der Waals surface area contributed by atoms with Crippen LogP contribution in [-0.2, 0) is 9.59 Å². The van der Waals surface area contributed by atoms with Crippen LogP contribution in [0.4, 0.5) is 5.69 Å². The maximum Gasteiger partial charge on any atom is 0.243 e. The highest BCUT2D eigenvalue weighted by Gasteiger charge is 2.16. The first-order chi connectivity index (χ1) is 10.1. The van der Waals surface area contributed by atoms with Crippen LogP contribution in [0.1, 0.15) is 20.3 Å². The number of rotatable bonds is 5. The van der Waals surface area contributed by atoms with Gasteiger partial charge in [0.25, 0.3) is 0 Å². The summed E-state index contributed by atoms with van der Waals surface area (Å²) in [6.07, 6.45) is 0.394. The van der Waals surface area contributed by atoms with E-state index in [1.807, 2.05) is 6.92 Å². The van der Waals surface area contributed by atoms with Crippen LogP contribution in [0.25, 0.3) is 0 Å². The smallest absolute Gasteiger partial charge is 0.243 e. The third-order valence-corrected chi connectivity index (χ3v) is 3.20. The van der Waals surface area contributed by atoms with E-state index in [1.165, 1.54) is 4.90 Å². The van der Waals surface area contributed by atoms with Gasteiger partial charge < -0.3 is 19.7 Å². The molecule has 0 saturated heterocycles. The van der Waals surface area contributed by atoms with Gasteiger partial charge in [-0.05, 0) is 19.1 Å². The Balaban J connectivity index is 1.97. The zero-order chi connectivity index (χ0) is 15.2. The van der Waals surface area contributed by atoms with Crippen LogP contribution < -0.4 is 14.8 Å². The lowest BCUT2D eigenvalue weighted by Gasteiger charge is -2.21. The highest BCUT2D eigenvalue weighted by atomic mass is 16.6. The molecule has 6 nitrogen and oxygen atoms in total. The summed E-state index contributed by atoms with van der Waals surface area (Å²) in [4.78, 5) is 25.1. The number of hydrogen-bond acceptors (Lipinski definition) is 4. The average Bonchev–Trinajstić information content (AvgIpc) is 2.51. The third-order valence-electron chi connectivity index (χ3n) is 3.20. The number of nitrogens with zero attached hydrogens (tertiary/aromatic N) is 1. The number of likely N-dealkylation sites (N-methyl/N-ethyl adjacent to an activating group) is 1. The second-order valence-electron chi connectivity index (χ2n) is 4.67. The first-order valence-electron chi connectivity index (χ1n) is 7.11. The second kappa shape index (κ2) is 6.97. The van der Waals surface area contributed by atoms with Gasteiger partial charge in [0.05, 0.1) is 6.54 Å². The van der Waals surface area contributed by atoms with Gasteiger partial charge in [0.15, 0.2) is 11.5 Å². The maximum absolute atomic E-state index is 12.0. The number of benzene rings is 1. The summed E-state index contributed by atoms with van der Waals surface area (Å²) in [5, 5.41) is 2.77. The summed E-state index contributed by atoms with van der Waals surface area (Å²) in [6, 6.07) is 5.24. The fourth-order valence-corrected chi connectivity index (χ4v) is 2.09. The highest BCUT2D eigenvalue weighted by Crippen LogP contribution is 2.32. The van der Waals surface area contributed by atoms with Crippen molar-refractivity contribution in [1.82, 2.24) is 4.90 Å². The lowest BCUT2D eigenvalue weighted by Crippen LogP contribution is -2.37. The van der Waals surface area contributed by atoms with E-state index in [2.05, 4.69) is 5.32 Å². The summed E-state index contributed by atoms with van der Waals surface area (Å²) in [5.74, 6) is 1.04. The fraction of sp³-hybridized carbons (Fsp3) is 0.467. The minimum atomic E-state index is -0.227. The van der Waals surface area contributed by atoms with E-state index >= 15 is 0 Å². The van der Waals surface area contributed by atoms with E-state index in [9.17, 15) is 9.59 Å². The molecule has 1 heterocycles. The lowest BCUT2D eigenvalue weighted by molar-refractivity contribution is -0.134. The van der Waals surface area contributed by atoms with E-state index < -0.39 is 0 Å². The van der Waals surface area contributed by atoms with Crippen molar-refractivity contribution in [2.24, 2.45) is 0 Å². The molecular weight excluding hydrogens is 272 g/mol. The Morgan fingerprint density at radius 3 is 2.57 bits per heavy atom. The Morgan fingerprint density at radius 2 is 1.90 bits per heavy atom. The first kappa shape index (κ1) is 15.2. The minimum absolute atomic E-state index is 0.0326. The number of hydrogen-bond donors (Lipinski definition) is 1. The zero-order valence-corrected chi connectivity index (χ0v) is 12.3. The molecule has 0 aliphatic carbocycles. The van der Waals surface area contributed by atoms with Gasteiger partial charge in [-0.3, -0.25) is 9.59 Å². The summed E-state index contributed by atoms with van der Waals surface area (Å²) in [5.41, 5.74) is 0.629. The average molecular weight is 292 g/mol. The van der Waals surface area contributed by atoms with Crippen LogP contribution in [0.15, 0.2) is 18.2 Å². The molecule has 0 bridgehead atoms. The Kier molecular flexibility index (Phi) is 5.03. The Hall–Kier alpha value is -2.24. The molecule has 0 fully saturated rings. The molecule has 2 amide bonds. The Labute approximate surface area is 124 Å². The van der Waals surface area contributed by atoms with Gasteiger partial charge in [-0.15, -0.1) is 0 Å². The standard InChI is InChI=1S/C15H20N2O4/c1-3-15(19)17(4-2)10-14(18)16-11-5-6-12-13(9-11)21-8-7-20-12/h5-6,9H,3-4,7-8,10H2,1-2H3,(H,16,18). The molecule has 2 rings (SSSR count). The molecular formula is C15H20N2O4. The van der Waals surface area contributed by atoms with Crippen molar-refractivity contribution >= 4 is 17.5 Å². The predicted octanol–water partition coefficient (Wildman–Crippen LogP) is 1.65. The van der Waals surface area contributed by atoms with Gasteiger partial charge in [0, 0.05) is 24.7 Å². The van der Waals surface area contributed by atoms with Crippen molar-refractivity contribution in [3.05, 3.63) is 18.2 Å². The number of nitrogens with one attached hydrogen (secondary N) is 1. The molecule has 1 aromatic rings. The van der Waals surface area contributed by atoms with Crippen molar-refractivity contribution in [1.29, 1.82) is 0 Å². The van der Waals surface area contributed by atoms with Crippen LogP contribution in [0.3, 0.4) is 0 Å². The molecule has 21 heavy (non-hydrogen) atoms. The lowest BCUT2D eigenvalue weighted by atomic mass is 10.2. The Bertz CT molecular complexity index is 530. The molecule has 0 radical (unpaired) electrons. The molecule has 1 aromatic carbocycles. The van der Waals surface area contributed by atoms with Crippen molar-refractivity contribution in [3.8, 4) is 11.5 Å². The summed E-state index contributed by atoms with van der Waals surface area (Å²) in [6.45, 7) is 5.23. The van der Waals surface area contributed by atoms with Gasteiger partial charge in [0.2, 0.25) is 11.8 Å². The summed E-state index contributed by atoms with van der Waals surface area (Å²) >= 11 is 0. The van der Waals surface area contributed by atoms with E-state index in [0.717, 1.165) is 0 Å². The number of ether oxygens (including phenoxy) is 2. The van der Waals surface area contributed by atoms with E-state index in [1.54, 1.807) is 25.1 Å². The molecule has 0 saturated carbocycles. The number of amides is 2. The molecule has 114 valence electrons. The zero-order valence-electron chi connectivity index (χ0n) is 12.3. The Morgan fingerprint density at radius 1 is 1.19 bits per heavy atom. The minimum Gasteiger partial charge on any atom is -0.486 e. The van der Waals surface area contributed by atoms with E-state index in [4.69, 9.17) is 9.47 Å². The van der Waals surface area contributed by atoms with Gasteiger partial charge >= 0.3 is 0 Å². The number of carbonyl (C=O) groups is 2. The van der Waals surface area contributed by atoms with Crippen molar-refractivity contribution in [2.45, 2.75) is 20.3 Å². The quantitative estimate of drug-likeness (QED) is 0.896. The monoisotopic (exact) mass is 292 g/mol. The van der Waals surface area contributed by atoms with Crippen LogP contribution in [0, 0.1) is 0 Å². The van der Waals surface area contributed by atoms with Crippen molar-refractivity contribution < 1.29 is 19.1 Å². The molecule has 0 atom stereocenters. The maximum atomic E-state index is 12.0. The highest BCUT2D eigenvalue weighted by molar-refractivity contribution is 5.94. The van der Waals surface area contributed by atoms with E-state index in [0.29, 0.717) is 43.4 Å². The van der Waals surface area contributed by atoms with Gasteiger partial charge in [0.1, 0.15) is 13.2 Å². The normalized spacial score (nSPS) is 12.7. The van der Waals surface area contributed by atoms with Crippen LogP contribution in [0.2, 0.25) is 0 Å². The third kappa shape index (κ3) is 3.87. The topological polar surface area (TPSA) is 67.9 Å². The van der Waals surface area contributed by atoms with Crippen molar-refractivity contribution in [3.63, 3.8) is 0 Å². The fourth-order valence-electron chi connectivity index (χ4n) is 2.09. The van der Waals surface area contributed by atoms with Crippen LogP contribution >= 0.6 is 0 Å². The number of carbonyl (C=O) groups excluding carboxylic acids is 2. The van der Waals surface area contributed by atoms with Gasteiger partial charge in [-0.1, -0.05) is 6.92 Å². The second-order valence-corrected chi connectivity index (χ2v) is 4.67. The number of fused-ring (bicyclic) bond motifs is 1. The van der Waals surface area contributed by atoms with Crippen molar-refractivity contribution in [2.75, 3.05) is 31.6 Å². The van der Waals surface area contributed by atoms with Gasteiger partial charge in [-0.2, -0.15) is 0 Å². The summed E-state index contributed by atoms with van der Waals surface area (Å²) < 4.78 is 10.9. The van der Waals surface area contributed by atoms with Crippen LogP contribution in [-0.4, -0.2) is 43.0 Å². The van der Waals surface area contributed by atoms with E-state index in [-0.39, 0.29) is 18.4 Å². The van der Waals surface area contributed by atoms with Crippen LogP contribution in [0.5, 0.6) is 11.5 Å². The molecule has 6 heteroatoms. The molecule has 1 aliphatic rings. The first-order valence-corrected chi connectivity index (χ1v) is 7.11. The molecule has 1 N–H and O–H groups in total. The molecule has 0 spiro atoms. The summed E-state index contributed by atoms with van der Waals surface area (Å²) in [7, 11) is 0. The molecule has 1 aliphatic heterocycles. The number of anilines is 1. The predicted molar refractivity (Wildman–Crippen MR) is 78.6 cm³/mol. The molecule has 0 aromatic heterocycles. The van der Waals surface area contributed by atoms with Gasteiger partial charge in [-0.25, -0.2) is 0 Å². The molecule has 0 unspecified atom stereocenters. The SMILES string of the molecule is CCC(=O)N(CC)CC(=O)Nc1ccc2c(c1)OCCO2.